The van der Waals surface area contributed by atoms with Crippen molar-refractivity contribution >= 4 is 28.9 Å². The topological polar surface area (TPSA) is 96.0 Å². The van der Waals surface area contributed by atoms with Crippen molar-refractivity contribution in [3.63, 3.8) is 0 Å². The van der Waals surface area contributed by atoms with E-state index in [2.05, 4.69) is 5.10 Å². The van der Waals surface area contributed by atoms with Gasteiger partial charge in [0.25, 0.3) is 11.6 Å². The van der Waals surface area contributed by atoms with Crippen LogP contribution in [0.5, 0.6) is 0 Å². The van der Waals surface area contributed by atoms with Crippen molar-refractivity contribution < 1.29 is 14.8 Å². The van der Waals surface area contributed by atoms with Crippen molar-refractivity contribution in [2.24, 2.45) is 5.10 Å². The van der Waals surface area contributed by atoms with Crippen LogP contribution in [0.25, 0.3) is 0 Å². The molecule has 0 aromatic heterocycles. The molecule has 2 aromatic carbocycles. The summed E-state index contributed by atoms with van der Waals surface area (Å²) >= 11 is 5.90. The van der Waals surface area contributed by atoms with Crippen LogP contribution in [0, 0.1) is 10.1 Å². The first-order chi connectivity index (χ1) is 12.4. The van der Waals surface area contributed by atoms with E-state index in [-0.39, 0.29) is 17.7 Å². The van der Waals surface area contributed by atoms with Crippen molar-refractivity contribution in [1.29, 1.82) is 0 Å². The number of rotatable bonds is 4. The smallest absolute Gasteiger partial charge is 0.283 e. The normalized spacial score (nSPS) is 19.3. The number of carbonyl (C=O) groups is 1. The molecule has 0 radical (unpaired) electrons. The number of nitrogens with zero attached hydrogens (tertiary/aromatic N) is 3. The van der Waals surface area contributed by atoms with Gasteiger partial charge in [-0.25, -0.2) is 0 Å². The number of halogens is 1. The van der Waals surface area contributed by atoms with Gasteiger partial charge < -0.3 is 5.11 Å². The largest absolute Gasteiger partial charge is 0.365 e. The molecule has 0 saturated heterocycles. The van der Waals surface area contributed by atoms with Crippen LogP contribution in [-0.2, 0) is 5.72 Å². The Kier molecular flexibility index (Phi) is 4.76. The minimum Gasteiger partial charge on any atom is -0.365 e. The van der Waals surface area contributed by atoms with E-state index in [1.165, 1.54) is 24.3 Å². The number of nitro groups is 1. The maximum absolute atomic E-state index is 13.0. The fraction of sp³-hybridized carbons (Fsp3) is 0.222. The zero-order valence-corrected chi connectivity index (χ0v) is 14.7. The molecule has 1 aliphatic heterocycles. The van der Waals surface area contributed by atoms with Crippen molar-refractivity contribution in [3.05, 3.63) is 74.8 Å². The lowest BCUT2D eigenvalue weighted by Gasteiger charge is -2.31. The third kappa shape index (κ3) is 3.07. The number of carbonyl (C=O) groups excluding carboxylic acids is 1. The SMILES string of the molecule is CCC1=NN(C(=O)c2ccccc2[N+](=O)[O-])[C@@](O)(c2ccc(Cl)cc2)C1. The highest BCUT2D eigenvalue weighted by Gasteiger charge is 2.46. The van der Waals surface area contributed by atoms with Crippen molar-refractivity contribution in [3.8, 4) is 0 Å². The number of amides is 1. The molecule has 1 atom stereocenters. The van der Waals surface area contributed by atoms with Gasteiger partial charge in [0, 0.05) is 28.8 Å². The van der Waals surface area contributed by atoms with Gasteiger partial charge in [0.2, 0.25) is 0 Å². The summed E-state index contributed by atoms with van der Waals surface area (Å²) < 4.78 is 0. The van der Waals surface area contributed by atoms with E-state index in [4.69, 9.17) is 11.6 Å². The van der Waals surface area contributed by atoms with Crippen LogP contribution in [0.15, 0.2) is 53.6 Å². The van der Waals surface area contributed by atoms with E-state index in [1.807, 2.05) is 6.92 Å². The molecule has 3 rings (SSSR count). The van der Waals surface area contributed by atoms with Gasteiger partial charge in [0.15, 0.2) is 5.72 Å². The van der Waals surface area contributed by atoms with E-state index in [1.54, 1.807) is 24.3 Å². The Labute approximate surface area is 154 Å². The highest BCUT2D eigenvalue weighted by molar-refractivity contribution is 6.30. The minimum atomic E-state index is -1.73. The van der Waals surface area contributed by atoms with Gasteiger partial charge in [-0.15, -0.1) is 0 Å². The standard InChI is InChI=1S/C18H16ClN3O4/c1-2-14-11-18(24,12-7-9-13(19)10-8-12)21(20-14)17(23)15-5-3-4-6-16(15)22(25)26/h3-10,24H,2,11H2,1H3/t18-/m0/s1. The first kappa shape index (κ1) is 18.0. The second kappa shape index (κ2) is 6.86. The number of hydrazone groups is 1. The predicted molar refractivity (Wildman–Crippen MR) is 97.0 cm³/mol. The van der Waals surface area contributed by atoms with Crippen LogP contribution in [0.1, 0.15) is 35.7 Å². The molecular formula is C18H16ClN3O4. The molecule has 0 spiro atoms. The third-order valence-electron chi connectivity index (χ3n) is 4.28. The molecule has 0 unspecified atom stereocenters. The monoisotopic (exact) mass is 373 g/mol. The Bertz CT molecular complexity index is 898. The highest BCUT2D eigenvalue weighted by Crippen LogP contribution is 2.38. The second-order valence-corrected chi connectivity index (χ2v) is 6.35. The lowest BCUT2D eigenvalue weighted by atomic mass is 9.96. The molecule has 2 aromatic rings. The van der Waals surface area contributed by atoms with Crippen LogP contribution in [0.3, 0.4) is 0 Å². The molecule has 0 fully saturated rings. The maximum atomic E-state index is 13.0. The van der Waals surface area contributed by atoms with Crippen LogP contribution < -0.4 is 0 Å². The fourth-order valence-electron chi connectivity index (χ4n) is 2.90. The Morgan fingerprint density at radius 2 is 1.96 bits per heavy atom. The molecule has 0 saturated carbocycles. The number of hydrogen-bond acceptors (Lipinski definition) is 5. The lowest BCUT2D eigenvalue weighted by Crippen LogP contribution is -2.43. The fourth-order valence-corrected chi connectivity index (χ4v) is 3.02. The summed E-state index contributed by atoms with van der Waals surface area (Å²) in [6, 6.07) is 12.0. The van der Waals surface area contributed by atoms with Gasteiger partial charge >= 0.3 is 0 Å². The average molecular weight is 374 g/mol. The zero-order valence-electron chi connectivity index (χ0n) is 13.9. The molecule has 7 nitrogen and oxygen atoms in total. The molecule has 134 valence electrons. The number of aliphatic hydroxyl groups is 1. The minimum absolute atomic E-state index is 0.123. The molecule has 1 N–H and O–H groups in total. The molecule has 1 amide bonds. The lowest BCUT2D eigenvalue weighted by molar-refractivity contribution is -0.385. The molecular weight excluding hydrogens is 358 g/mol. The van der Waals surface area contributed by atoms with Crippen LogP contribution in [0.2, 0.25) is 5.02 Å². The quantitative estimate of drug-likeness (QED) is 0.652. The third-order valence-corrected chi connectivity index (χ3v) is 4.53. The van der Waals surface area contributed by atoms with Crippen molar-refractivity contribution in [2.45, 2.75) is 25.5 Å². The van der Waals surface area contributed by atoms with Crippen molar-refractivity contribution in [2.75, 3.05) is 0 Å². The van der Waals surface area contributed by atoms with E-state index in [0.717, 1.165) is 5.01 Å². The molecule has 26 heavy (non-hydrogen) atoms. The van der Waals surface area contributed by atoms with E-state index < -0.39 is 16.6 Å². The second-order valence-electron chi connectivity index (χ2n) is 5.91. The molecule has 8 heteroatoms. The number of hydrogen-bond donors (Lipinski definition) is 1. The summed E-state index contributed by atoms with van der Waals surface area (Å²) in [4.78, 5) is 23.6. The van der Waals surface area contributed by atoms with Gasteiger partial charge in [-0.1, -0.05) is 42.8 Å². The number of para-hydroxylation sites is 1. The van der Waals surface area contributed by atoms with E-state index in [0.29, 0.717) is 22.7 Å². The van der Waals surface area contributed by atoms with E-state index >= 15 is 0 Å². The van der Waals surface area contributed by atoms with Gasteiger partial charge in [-0.2, -0.15) is 10.1 Å². The molecule has 1 aliphatic rings. The van der Waals surface area contributed by atoms with Gasteiger partial charge in [-0.3, -0.25) is 14.9 Å². The average Bonchev–Trinajstić information content (AvgIpc) is 2.99. The van der Waals surface area contributed by atoms with Gasteiger partial charge in [0.05, 0.1) is 4.92 Å². The van der Waals surface area contributed by atoms with Crippen molar-refractivity contribution in [1.82, 2.24) is 5.01 Å². The summed E-state index contributed by atoms with van der Waals surface area (Å²) in [5.41, 5.74) is -1.14. The first-order valence-corrected chi connectivity index (χ1v) is 8.37. The number of nitro benzene ring substituents is 1. The maximum Gasteiger partial charge on any atom is 0.283 e. The van der Waals surface area contributed by atoms with Crippen LogP contribution >= 0.6 is 11.6 Å². The Morgan fingerprint density at radius 3 is 2.58 bits per heavy atom. The Morgan fingerprint density at radius 1 is 1.31 bits per heavy atom. The summed E-state index contributed by atoms with van der Waals surface area (Å²) in [6.07, 6.45) is 0.661. The van der Waals surface area contributed by atoms with Crippen LogP contribution in [-0.4, -0.2) is 26.7 Å². The summed E-state index contributed by atoms with van der Waals surface area (Å²) in [5.74, 6) is -0.738. The zero-order chi connectivity index (χ0) is 18.9. The van der Waals surface area contributed by atoms with E-state index in [9.17, 15) is 20.0 Å². The van der Waals surface area contributed by atoms with Gasteiger partial charge in [-0.05, 0) is 24.6 Å². The first-order valence-electron chi connectivity index (χ1n) is 7.99. The highest BCUT2D eigenvalue weighted by atomic mass is 35.5. The molecule has 0 aliphatic carbocycles. The molecule has 0 bridgehead atoms. The summed E-state index contributed by atoms with van der Waals surface area (Å²) in [6.45, 7) is 1.86. The summed E-state index contributed by atoms with van der Waals surface area (Å²) in [7, 11) is 0. The molecule has 1 heterocycles. The number of benzene rings is 2. The van der Waals surface area contributed by atoms with Gasteiger partial charge in [0.1, 0.15) is 5.56 Å². The summed E-state index contributed by atoms with van der Waals surface area (Å²) in [5, 5.41) is 28.2. The Balaban J connectivity index is 2.08. The predicted octanol–water partition coefficient (Wildman–Crippen LogP) is 3.71. The Hall–Kier alpha value is -2.77. The van der Waals surface area contributed by atoms with Crippen LogP contribution in [0.4, 0.5) is 5.69 Å².